The van der Waals surface area contributed by atoms with E-state index in [1.165, 1.54) is 0 Å². The maximum Gasteiger partial charge on any atom is 0.271 e. The van der Waals surface area contributed by atoms with E-state index in [1.807, 2.05) is 36.4 Å². The number of rotatable bonds is 2. The van der Waals surface area contributed by atoms with Crippen molar-refractivity contribution in [1.29, 1.82) is 0 Å². The minimum Gasteiger partial charge on any atom is -0.350 e. The van der Waals surface area contributed by atoms with Gasteiger partial charge >= 0.3 is 0 Å². The predicted molar refractivity (Wildman–Crippen MR) is 116 cm³/mol. The summed E-state index contributed by atoms with van der Waals surface area (Å²) in [6.45, 7) is 1.87. The highest BCUT2D eigenvalue weighted by Gasteiger charge is 2.39. The Hall–Kier alpha value is -2.01. The number of nitrogens with zero attached hydrogens (tertiary/aromatic N) is 1. The molecule has 2 atom stereocenters. The van der Waals surface area contributed by atoms with Crippen molar-refractivity contribution < 1.29 is 4.79 Å². The fraction of sp³-hybridized carbons (Fsp3) is 0.318. The molecular formula is C22H23Cl2N3O. The molecule has 2 fully saturated rings. The molecule has 0 unspecified atom stereocenters. The highest BCUT2D eigenvalue weighted by atomic mass is 35.5. The van der Waals surface area contributed by atoms with Crippen LogP contribution in [0.3, 0.4) is 0 Å². The van der Waals surface area contributed by atoms with Crippen molar-refractivity contribution in [2.45, 2.75) is 31.3 Å². The molecule has 2 aliphatic heterocycles. The number of fused-ring (bicyclic) bond motifs is 3. The van der Waals surface area contributed by atoms with Crippen LogP contribution in [0, 0.1) is 0 Å². The lowest BCUT2D eigenvalue weighted by molar-refractivity contribution is 0.0676. The van der Waals surface area contributed by atoms with Crippen molar-refractivity contribution in [3.8, 4) is 11.1 Å². The largest absolute Gasteiger partial charge is 0.350 e. The molecule has 5 rings (SSSR count). The third kappa shape index (κ3) is 3.20. The molecule has 1 amide bonds. The molecule has 2 aliphatic rings. The van der Waals surface area contributed by atoms with Gasteiger partial charge in [0, 0.05) is 40.1 Å². The maximum atomic E-state index is 13.7. The number of carbonyl (C=O) groups is 1. The van der Waals surface area contributed by atoms with Crippen LogP contribution in [0.5, 0.6) is 0 Å². The second kappa shape index (κ2) is 7.78. The molecule has 2 aromatic carbocycles. The van der Waals surface area contributed by atoms with E-state index in [9.17, 15) is 4.79 Å². The summed E-state index contributed by atoms with van der Waals surface area (Å²) in [5, 5.41) is 5.15. The first-order valence-electron chi connectivity index (χ1n) is 9.62. The number of halogens is 2. The van der Waals surface area contributed by atoms with Gasteiger partial charge in [-0.25, -0.2) is 0 Å². The van der Waals surface area contributed by atoms with E-state index in [0.717, 1.165) is 54.4 Å². The predicted octanol–water partition coefficient (Wildman–Crippen LogP) is 4.88. The molecule has 3 heterocycles. The van der Waals surface area contributed by atoms with Crippen LogP contribution in [0.2, 0.25) is 5.02 Å². The van der Waals surface area contributed by atoms with E-state index in [4.69, 9.17) is 11.6 Å². The van der Waals surface area contributed by atoms with Gasteiger partial charge in [0.05, 0.1) is 0 Å². The number of nitrogens with one attached hydrogen (secondary N) is 2. The van der Waals surface area contributed by atoms with Crippen molar-refractivity contribution >= 4 is 40.8 Å². The SMILES string of the molecule is Cl.O=C(c1[nH]c2ccc(Cl)cc2c1-c1ccccc1)N1[C@H]2CCNC[C@@H]1CC2. The van der Waals surface area contributed by atoms with E-state index < -0.39 is 0 Å². The zero-order chi connectivity index (χ0) is 18.4. The molecule has 6 heteroatoms. The Morgan fingerprint density at radius 1 is 1.04 bits per heavy atom. The van der Waals surface area contributed by atoms with Crippen LogP contribution in [0.15, 0.2) is 48.5 Å². The highest BCUT2D eigenvalue weighted by molar-refractivity contribution is 6.31. The number of H-pyrrole nitrogens is 1. The van der Waals surface area contributed by atoms with Gasteiger partial charge < -0.3 is 15.2 Å². The Bertz CT molecular complexity index is 988. The molecule has 3 aromatic rings. The smallest absolute Gasteiger partial charge is 0.271 e. The Balaban J connectivity index is 0.00000192. The van der Waals surface area contributed by atoms with Crippen molar-refractivity contribution in [2.75, 3.05) is 13.1 Å². The Morgan fingerprint density at radius 3 is 2.64 bits per heavy atom. The monoisotopic (exact) mass is 415 g/mol. The van der Waals surface area contributed by atoms with Gasteiger partial charge in [-0.3, -0.25) is 4.79 Å². The first-order valence-corrected chi connectivity index (χ1v) is 10.00. The quantitative estimate of drug-likeness (QED) is 0.626. The van der Waals surface area contributed by atoms with Crippen LogP contribution < -0.4 is 5.32 Å². The van der Waals surface area contributed by atoms with Gasteiger partial charge in [-0.1, -0.05) is 41.9 Å². The number of aromatic amines is 1. The molecule has 0 aliphatic carbocycles. The molecule has 146 valence electrons. The summed E-state index contributed by atoms with van der Waals surface area (Å²) in [7, 11) is 0. The molecule has 2 bridgehead atoms. The average molecular weight is 416 g/mol. The molecule has 2 saturated heterocycles. The molecule has 28 heavy (non-hydrogen) atoms. The standard InChI is InChI=1S/C22H22ClN3O.ClH/c23-15-6-9-19-18(12-15)20(14-4-2-1-3-5-14)21(25-19)22(27)26-16-7-8-17(26)13-24-11-10-16;/h1-6,9,12,16-17,24-25H,7-8,10-11,13H2;1H/t16-,17+;/m1./s1. The van der Waals surface area contributed by atoms with Crippen molar-refractivity contribution in [3.05, 3.63) is 59.2 Å². The summed E-state index contributed by atoms with van der Waals surface area (Å²) in [5.41, 5.74) is 3.61. The van der Waals surface area contributed by atoms with Crippen molar-refractivity contribution in [2.24, 2.45) is 0 Å². The summed E-state index contributed by atoms with van der Waals surface area (Å²) < 4.78 is 0. The van der Waals surface area contributed by atoms with Gasteiger partial charge in [-0.15, -0.1) is 12.4 Å². The zero-order valence-corrected chi connectivity index (χ0v) is 17.0. The molecule has 2 N–H and O–H groups in total. The van der Waals surface area contributed by atoms with Crippen molar-refractivity contribution in [3.63, 3.8) is 0 Å². The van der Waals surface area contributed by atoms with Crippen LogP contribution >= 0.6 is 24.0 Å². The Kier molecular flexibility index (Phi) is 5.37. The van der Waals surface area contributed by atoms with Gasteiger partial charge in [-0.05, 0) is 49.6 Å². The molecule has 0 saturated carbocycles. The summed E-state index contributed by atoms with van der Waals surface area (Å²) >= 11 is 6.28. The molecular weight excluding hydrogens is 393 g/mol. The van der Waals surface area contributed by atoms with Crippen LogP contribution in [-0.4, -0.2) is 41.0 Å². The number of benzene rings is 2. The number of hydrogen-bond donors (Lipinski definition) is 2. The molecule has 0 spiro atoms. The Labute approximate surface area is 175 Å². The second-order valence-electron chi connectivity index (χ2n) is 7.52. The summed E-state index contributed by atoms with van der Waals surface area (Å²) in [5.74, 6) is 0.109. The highest BCUT2D eigenvalue weighted by Crippen LogP contribution is 2.37. The minimum atomic E-state index is 0. The van der Waals surface area contributed by atoms with E-state index in [1.54, 1.807) is 0 Å². The van der Waals surface area contributed by atoms with Crippen molar-refractivity contribution in [1.82, 2.24) is 15.2 Å². The van der Waals surface area contributed by atoms with Gasteiger partial charge in [-0.2, -0.15) is 0 Å². The van der Waals surface area contributed by atoms with E-state index in [-0.39, 0.29) is 24.4 Å². The normalized spacial score (nSPS) is 21.4. The van der Waals surface area contributed by atoms with E-state index in [2.05, 4.69) is 27.3 Å². The maximum absolute atomic E-state index is 13.7. The van der Waals surface area contributed by atoms with Gasteiger partial charge in [0.2, 0.25) is 0 Å². The van der Waals surface area contributed by atoms with Crippen LogP contribution in [0.25, 0.3) is 22.0 Å². The number of amides is 1. The number of aromatic nitrogens is 1. The Morgan fingerprint density at radius 2 is 1.82 bits per heavy atom. The fourth-order valence-electron chi connectivity index (χ4n) is 4.67. The van der Waals surface area contributed by atoms with Gasteiger partial charge in [0.15, 0.2) is 0 Å². The average Bonchev–Trinajstić information content (AvgIpc) is 3.17. The molecule has 4 nitrogen and oxygen atoms in total. The molecule has 1 aromatic heterocycles. The summed E-state index contributed by atoms with van der Waals surface area (Å²) in [6, 6.07) is 16.5. The van der Waals surface area contributed by atoms with Crippen LogP contribution in [0.4, 0.5) is 0 Å². The lowest BCUT2D eigenvalue weighted by Gasteiger charge is -2.28. The van der Waals surface area contributed by atoms with Gasteiger partial charge in [0.1, 0.15) is 5.69 Å². The summed E-state index contributed by atoms with van der Waals surface area (Å²) in [6.07, 6.45) is 3.20. The lowest BCUT2D eigenvalue weighted by atomic mass is 10.0. The second-order valence-corrected chi connectivity index (χ2v) is 7.96. The lowest BCUT2D eigenvalue weighted by Crippen LogP contribution is -2.42. The number of hydrogen-bond acceptors (Lipinski definition) is 2. The fourth-order valence-corrected chi connectivity index (χ4v) is 4.84. The van der Waals surface area contributed by atoms with Gasteiger partial charge in [0.25, 0.3) is 5.91 Å². The topological polar surface area (TPSA) is 48.1 Å². The van der Waals surface area contributed by atoms with Crippen LogP contribution in [-0.2, 0) is 0 Å². The summed E-state index contributed by atoms with van der Waals surface area (Å²) in [4.78, 5) is 19.2. The van der Waals surface area contributed by atoms with E-state index >= 15 is 0 Å². The van der Waals surface area contributed by atoms with E-state index in [0.29, 0.717) is 16.8 Å². The first kappa shape index (κ1) is 19.3. The molecule has 0 radical (unpaired) electrons. The zero-order valence-electron chi connectivity index (χ0n) is 15.5. The first-order chi connectivity index (χ1) is 13.2. The minimum absolute atomic E-state index is 0. The third-order valence-corrected chi connectivity index (χ3v) is 6.16. The third-order valence-electron chi connectivity index (χ3n) is 5.93. The number of carbonyl (C=O) groups excluding carboxylic acids is 1. The van der Waals surface area contributed by atoms with Crippen LogP contribution in [0.1, 0.15) is 29.8 Å².